The minimum absolute atomic E-state index is 0.381. The van der Waals surface area contributed by atoms with Crippen molar-refractivity contribution in [3.8, 4) is 0 Å². The molecule has 0 spiro atoms. The lowest BCUT2D eigenvalue weighted by Gasteiger charge is -2.24. The Morgan fingerprint density at radius 1 is 1.36 bits per heavy atom. The van der Waals surface area contributed by atoms with Crippen LogP contribution < -0.4 is 11.7 Å². The van der Waals surface area contributed by atoms with Crippen molar-refractivity contribution in [2.45, 2.75) is 53.2 Å². The van der Waals surface area contributed by atoms with E-state index < -0.39 is 0 Å². The lowest BCUT2D eigenvalue weighted by Crippen LogP contribution is -2.35. The van der Waals surface area contributed by atoms with Crippen LogP contribution in [0.3, 0.4) is 0 Å². The second-order valence-corrected chi connectivity index (χ2v) is 5.69. The van der Waals surface area contributed by atoms with Gasteiger partial charge in [-0.15, -0.1) is 0 Å². The van der Waals surface area contributed by atoms with Gasteiger partial charge in [0.1, 0.15) is 5.69 Å². The van der Waals surface area contributed by atoms with Gasteiger partial charge < -0.3 is 5.84 Å². The first-order valence-corrected chi connectivity index (χ1v) is 8.09. The van der Waals surface area contributed by atoms with E-state index in [0.717, 1.165) is 31.7 Å². The number of nitrogens with zero attached hydrogens (tertiary/aromatic N) is 5. The van der Waals surface area contributed by atoms with Crippen LogP contribution in [0.15, 0.2) is 5.10 Å². The SMILES string of the molecule is CC.CC(C)N1CCCn2nc(/C(=N/N)N(C)N)c(Cl)c2C1. The number of nitrogens with two attached hydrogens (primary N) is 2. The van der Waals surface area contributed by atoms with Crippen LogP contribution in [-0.4, -0.2) is 45.2 Å². The van der Waals surface area contributed by atoms with Gasteiger partial charge >= 0.3 is 0 Å². The molecule has 8 heteroatoms. The van der Waals surface area contributed by atoms with Gasteiger partial charge in [0.2, 0.25) is 0 Å². The predicted octanol–water partition coefficient (Wildman–Crippen LogP) is 1.60. The Labute approximate surface area is 137 Å². The van der Waals surface area contributed by atoms with Crippen molar-refractivity contribution in [1.82, 2.24) is 19.7 Å². The molecule has 0 radical (unpaired) electrons. The van der Waals surface area contributed by atoms with E-state index in [-0.39, 0.29) is 0 Å². The summed E-state index contributed by atoms with van der Waals surface area (Å²) in [6.07, 6.45) is 1.04. The quantitative estimate of drug-likeness (QED) is 0.372. The summed E-state index contributed by atoms with van der Waals surface area (Å²) in [4.78, 5) is 2.38. The first-order chi connectivity index (χ1) is 10.5. The van der Waals surface area contributed by atoms with Gasteiger partial charge in [0.05, 0.1) is 10.7 Å². The molecule has 0 saturated heterocycles. The summed E-state index contributed by atoms with van der Waals surface area (Å²) < 4.78 is 1.94. The van der Waals surface area contributed by atoms with E-state index in [1.165, 1.54) is 5.01 Å². The molecule has 1 aliphatic rings. The molecule has 1 aromatic rings. The molecule has 0 aliphatic carbocycles. The zero-order valence-electron chi connectivity index (χ0n) is 14.2. The third kappa shape index (κ3) is 3.91. The lowest BCUT2D eigenvalue weighted by molar-refractivity contribution is 0.216. The molecule has 0 bridgehead atoms. The highest BCUT2D eigenvalue weighted by Gasteiger charge is 2.25. The number of hydrazine groups is 1. The number of aromatic nitrogens is 2. The Morgan fingerprint density at radius 3 is 2.50 bits per heavy atom. The minimum Gasteiger partial charge on any atom is -0.321 e. The van der Waals surface area contributed by atoms with Crippen molar-refractivity contribution < 1.29 is 0 Å². The Morgan fingerprint density at radius 2 is 2.00 bits per heavy atom. The number of hydrogen-bond acceptors (Lipinski definition) is 5. The Balaban J connectivity index is 0.00000116. The fourth-order valence-corrected chi connectivity index (χ4v) is 2.69. The maximum Gasteiger partial charge on any atom is 0.191 e. The summed E-state index contributed by atoms with van der Waals surface area (Å²) in [6.45, 7) is 11.0. The molecule has 1 aromatic heterocycles. The van der Waals surface area contributed by atoms with E-state index in [1.807, 2.05) is 18.5 Å². The van der Waals surface area contributed by atoms with E-state index in [9.17, 15) is 0 Å². The van der Waals surface area contributed by atoms with E-state index in [4.69, 9.17) is 23.3 Å². The normalized spacial score (nSPS) is 15.9. The highest BCUT2D eigenvalue weighted by atomic mass is 35.5. The third-order valence-corrected chi connectivity index (χ3v) is 3.96. The van der Waals surface area contributed by atoms with Crippen LogP contribution in [-0.2, 0) is 13.1 Å². The van der Waals surface area contributed by atoms with E-state index in [1.54, 1.807) is 7.05 Å². The number of hydrazone groups is 1. The fourth-order valence-electron chi connectivity index (χ4n) is 2.41. The highest BCUT2D eigenvalue weighted by Crippen LogP contribution is 2.26. The Kier molecular flexibility index (Phi) is 7.12. The average Bonchev–Trinajstić information content (AvgIpc) is 2.67. The van der Waals surface area contributed by atoms with Crippen molar-refractivity contribution in [3.63, 3.8) is 0 Å². The summed E-state index contributed by atoms with van der Waals surface area (Å²) in [6, 6.07) is 0.468. The van der Waals surface area contributed by atoms with Gasteiger partial charge in [0.25, 0.3) is 0 Å². The molecule has 4 N–H and O–H groups in total. The van der Waals surface area contributed by atoms with Crippen LogP contribution in [0.25, 0.3) is 0 Å². The highest BCUT2D eigenvalue weighted by molar-refractivity contribution is 6.34. The molecule has 0 saturated carbocycles. The Hall–Kier alpha value is -1.31. The van der Waals surface area contributed by atoms with Crippen LogP contribution in [0.5, 0.6) is 0 Å². The number of hydrogen-bond donors (Lipinski definition) is 2. The second kappa shape index (κ2) is 8.36. The van der Waals surface area contributed by atoms with Crippen LogP contribution >= 0.6 is 11.6 Å². The number of fused-ring (bicyclic) bond motifs is 1. The minimum atomic E-state index is 0.381. The van der Waals surface area contributed by atoms with Crippen molar-refractivity contribution >= 4 is 17.4 Å². The molecular formula is C14H28ClN7. The smallest absolute Gasteiger partial charge is 0.191 e. The first kappa shape index (κ1) is 18.7. The maximum atomic E-state index is 6.47. The third-order valence-electron chi connectivity index (χ3n) is 3.56. The summed E-state index contributed by atoms with van der Waals surface area (Å²) >= 11 is 6.47. The van der Waals surface area contributed by atoms with Crippen LogP contribution in [0, 0.1) is 0 Å². The Bertz CT molecular complexity index is 508. The zero-order valence-corrected chi connectivity index (χ0v) is 14.9. The van der Waals surface area contributed by atoms with Gasteiger partial charge in [0, 0.05) is 32.7 Å². The molecule has 1 aliphatic heterocycles. The van der Waals surface area contributed by atoms with Crippen LogP contribution in [0.1, 0.15) is 45.5 Å². The largest absolute Gasteiger partial charge is 0.321 e. The molecule has 0 amide bonds. The monoisotopic (exact) mass is 329 g/mol. The molecule has 0 unspecified atom stereocenters. The average molecular weight is 330 g/mol. The van der Waals surface area contributed by atoms with Crippen LogP contribution in [0.2, 0.25) is 5.02 Å². The number of rotatable bonds is 2. The standard InChI is InChI=1S/C12H22ClN7.C2H6/c1-8(2)19-5-4-6-20-9(7-19)10(13)11(17-20)12(16-14)18(3)15;1-2/h8H,4-7,14-15H2,1-3H3;1-2H3/b16-12-;. The molecule has 126 valence electrons. The topological polar surface area (TPSA) is 88.7 Å². The van der Waals surface area contributed by atoms with E-state index >= 15 is 0 Å². The van der Waals surface area contributed by atoms with Crippen LogP contribution in [0.4, 0.5) is 0 Å². The van der Waals surface area contributed by atoms with Crippen molar-refractivity contribution in [2.24, 2.45) is 16.8 Å². The fraction of sp³-hybridized carbons (Fsp3) is 0.714. The predicted molar refractivity (Wildman–Crippen MR) is 91.4 cm³/mol. The molecule has 0 fully saturated rings. The molecule has 0 atom stereocenters. The van der Waals surface area contributed by atoms with E-state index in [0.29, 0.717) is 22.6 Å². The number of halogens is 1. The van der Waals surface area contributed by atoms with Gasteiger partial charge in [0.15, 0.2) is 5.84 Å². The zero-order chi connectivity index (χ0) is 16.9. The second-order valence-electron chi connectivity index (χ2n) is 5.31. The summed E-state index contributed by atoms with van der Waals surface area (Å²) in [5.41, 5.74) is 1.54. The molecule has 2 heterocycles. The van der Waals surface area contributed by atoms with Crippen molar-refractivity contribution in [1.29, 1.82) is 0 Å². The van der Waals surface area contributed by atoms with E-state index in [2.05, 4.69) is 28.9 Å². The number of aryl methyl sites for hydroxylation is 1. The lowest BCUT2D eigenvalue weighted by atomic mass is 10.2. The molecule has 7 nitrogen and oxygen atoms in total. The van der Waals surface area contributed by atoms with Gasteiger partial charge in [-0.1, -0.05) is 25.4 Å². The molecular weight excluding hydrogens is 302 g/mol. The summed E-state index contributed by atoms with van der Waals surface area (Å²) in [7, 11) is 1.66. The van der Waals surface area contributed by atoms with Gasteiger partial charge in [-0.25, -0.2) is 5.84 Å². The van der Waals surface area contributed by atoms with Gasteiger partial charge in [-0.05, 0) is 20.3 Å². The van der Waals surface area contributed by atoms with Gasteiger partial charge in [-0.2, -0.15) is 10.2 Å². The van der Waals surface area contributed by atoms with Crippen molar-refractivity contribution in [3.05, 3.63) is 16.4 Å². The summed E-state index contributed by atoms with van der Waals surface area (Å²) in [5, 5.41) is 10.1. The van der Waals surface area contributed by atoms with Crippen molar-refractivity contribution in [2.75, 3.05) is 13.6 Å². The summed E-state index contributed by atoms with van der Waals surface area (Å²) in [5.74, 6) is 11.5. The van der Waals surface area contributed by atoms with Gasteiger partial charge in [-0.3, -0.25) is 14.6 Å². The first-order valence-electron chi connectivity index (χ1n) is 7.71. The maximum absolute atomic E-state index is 6.47. The number of amidine groups is 1. The molecule has 22 heavy (non-hydrogen) atoms. The molecule has 0 aromatic carbocycles. The molecule has 2 rings (SSSR count).